The summed E-state index contributed by atoms with van der Waals surface area (Å²) in [7, 11) is 1.64. The smallest absolute Gasteiger partial charge is 0.128 e. The first-order chi connectivity index (χ1) is 9.86. The summed E-state index contributed by atoms with van der Waals surface area (Å²) in [6.07, 6.45) is 0. The van der Waals surface area contributed by atoms with Crippen molar-refractivity contribution < 1.29 is 9.13 Å². The van der Waals surface area contributed by atoms with E-state index in [-0.39, 0.29) is 10.6 Å². The second-order valence-corrected chi connectivity index (χ2v) is 6.90. The fourth-order valence-electron chi connectivity index (χ4n) is 2.44. The molecule has 2 rings (SSSR count). The zero-order valence-electron chi connectivity index (χ0n) is 12.4. The molecule has 1 nitrogen and oxygen atoms in total. The van der Waals surface area contributed by atoms with E-state index in [0.717, 1.165) is 32.5 Å². The van der Waals surface area contributed by atoms with Crippen LogP contribution in [0.15, 0.2) is 28.7 Å². The molecule has 0 N–H and O–H groups in total. The van der Waals surface area contributed by atoms with Crippen molar-refractivity contribution >= 4 is 31.9 Å². The number of halogens is 3. The molecule has 1 atom stereocenters. The van der Waals surface area contributed by atoms with Crippen molar-refractivity contribution in [3.05, 3.63) is 62.4 Å². The van der Waals surface area contributed by atoms with E-state index in [1.54, 1.807) is 13.2 Å². The van der Waals surface area contributed by atoms with Gasteiger partial charge < -0.3 is 4.74 Å². The molecule has 4 heteroatoms. The molecule has 0 aliphatic heterocycles. The van der Waals surface area contributed by atoms with Crippen LogP contribution < -0.4 is 4.74 Å². The number of rotatable bonds is 3. The van der Waals surface area contributed by atoms with Crippen LogP contribution in [0.3, 0.4) is 0 Å². The van der Waals surface area contributed by atoms with Gasteiger partial charge in [-0.3, -0.25) is 0 Å². The minimum Gasteiger partial charge on any atom is -0.496 e. The summed E-state index contributed by atoms with van der Waals surface area (Å²) in [5.41, 5.74) is 4.53. The molecule has 112 valence electrons. The summed E-state index contributed by atoms with van der Waals surface area (Å²) in [4.78, 5) is -0.260. The maximum atomic E-state index is 14.3. The maximum absolute atomic E-state index is 14.3. The van der Waals surface area contributed by atoms with Gasteiger partial charge in [0.2, 0.25) is 0 Å². The fourth-order valence-corrected chi connectivity index (χ4v) is 3.92. The van der Waals surface area contributed by atoms with Crippen LogP contribution in [-0.2, 0) is 0 Å². The van der Waals surface area contributed by atoms with Gasteiger partial charge >= 0.3 is 0 Å². The standard InChI is InChI=1S/C17H17Br2FO/c1-9-5-6-12(14(20)7-9)16(19)15-11(3)13(18)8-10(2)17(15)21-4/h5-8,16H,1-4H3. The zero-order chi connectivity index (χ0) is 15.7. The van der Waals surface area contributed by atoms with Gasteiger partial charge in [0, 0.05) is 15.6 Å². The third-order valence-corrected chi connectivity index (χ3v) is 5.37. The van der Waals surface area contributed by atoms with Crippen LogP contribution in [-0.4, -0.2) is 7.11 Å². The number of alkyl halides is 1. The number of benzene rings is 2. The van der Waals surface area contributed by atoms with Gasteiger partial charge in [0.1, 0.15) is 11.6 Å². The van der Waals surface area contributed by atoms with E-state index in [1.807, 2.05) is 39.0 Å². The Hall–Kier alpha value is -0.870. The molecule has 0 spiro atoms. The number of methoxy groups -OCH3 is 1. The Morgan fingerprint density at radius 2 is 1.81 bits per heavy atom. The molecule has 0 aromatic heterocycles. The molecular formula is C17H17Br2FO. The Morgan fingerprint density at radius 1 is 1.14 bits per heavy atom. The van der Waals surface area contributed by atoms with Gasteiger partial charge in [0.05, 0.1) is 11.9 Å². The van der Waals surface area contributed by atoms with E-state index in [2.05, 4.69) is 31.9 Å². The first kappa shape index (κ1) is 16.5. The van der Waals surface area contributed by atoms with Gasteiger partial charge in [-0.25, -0.2) is 4.39 Å². The van der Waals surface area contributed by atoms with Gasteiger partial charge in [0.25, 0.3) is 0 Å². The predicted molar refractivity (Wildman–Crippen MR) is 92.1 cm³/mol. The Kier molecular flexibility index (Phi) is 5.10. The van der Waals surface area contributed by atoms with Crippen LogP contribution in [0, 0.1) is 26.6 Å². The quantitative estimate of drug-likeness (QED) is 0.558. The molecule has 0 aliphatic rings. The van der Waals surface area contributed by atoms with Crippen molar-refractivity contribution in [3.8, 4) is 5.75 Å². The highest BCUT2D eigenvalue weighted by Crippen LogP contribution is 2.43. The van der Waals surface area contributed by atoms with Gasteiger partial charge in [-0.1, -0.05) is 44.0 Å². The van der Waals surface area contributed by atoms with Crippen molar-refractivity contribution in [2.24, 2.45) is 0 Å². The molecule has 0 fully saturated rings. The highest BCUT2D eigenvalue weighted by atomic mass is 79.9. The van der Waals surface area contributed by atoms with Crippen LogP contribution >= 0.6 is 31.9 Å². The van der Waals surface area contributed by atoms with E-state index in [0.29, 0.717) is 5.56 Å². The Bertz CT molecular complexity index is 683. The average Bonchev–Trinajstić information content (AvgIpc) is 2.41. The lowest BCUT2D eigenvalue weighted by atomic mass is 9.96. The molecule has 21 heavy (non-hydrogen) atoms. The van der Waals surface area contributed by atoms with Crippen molar-refractivity contribution in [1.29, 1.82) is 0 Å². The molecule has 0 radical (unpaired) electrons. The Morgan fingerprint density at radius 3 is 2.38 bits per heavy atom. The molecule has 0 saturated carbocycles. The molecule has 0 aliphatic carbocycles. The van der Waals surface area contributed by atoms with E-state index in [1.165, 1.54) is 0 Å². The largest absolute Gasteiger partial charge is 0.496 e. The maximum Gasteiger partial charge on any atom is 0.128 e. The predicted octanol–water partition coefficient (Wildman–Crippen LogP) is 6.01. The number of aryl methyl sites for hydroxylation is 2. The summed E-state index contributed by atoms with van der Waals surface area (Å²) < 4.78 is 20.8. The van der Waals surface area contributed by atoms with Crippen LogP contribution in [0.2, 0.25) is 0 Å². The summed E-state index contributed by atoms with van der Waals surface area (Å²) in [6.45, 7) is 5.87. The van der Waals surface area contributed by atoms with Crippen LogP contribution in [0.5, 0.6) is 5.75 Å². The minimum atomic E-state index is -0.260. The van der Waals surface area contributed by atoms with Crippen molar-refractivity contribution in [2.75, 3.05) is 7.11 Å². The summed E-state index contributed by atoms with van der Waals surface area (Å²) in [6, 6.07) is 7.30. The molecule has 2 aromatic carbocycles. The highest BCUT2D eigenvalue weighted by molar-refractivity contribution is 9.10. The molecule has 2 aromatic rings. The lowest BCUT2D eigenvalue weighted by Gasteiger charge is -2.21. The molecule has 0 amide bonds. The van der Waals surface area contributed by atoms with Crippen molar-refractivity contribution in [3.63, 3.8) is 0 Å². The Balaban J connectivity index is 2.65. The number of hydrogen-bond acceptors (Lipinski definition) is 1. The summed E-state index contributed by atoms with van der Waals surface area (Å²) in [5, 5.41) is 0. The SMILES string of the molecule is COc1c(C)cc(Br)c(C)c1C(Br)c1ccc(C)cc1F. The zero-order valence-corrected chi connectivity index (χ0v) is 15.6. The van der Waals surface area contributed by atoms with Gasteiger partial charge in [-0.15, -0.1) is 0 Å². The van der Waals surface area contributed by atoms with Gasteiger partial charge in [0.15, 0.2) is 0 Å². The lowest BCUT2D eigenvalue weighted by Crippen LogP contribution is -2.04. The van der Waals surface area contributed by atoms with E-state index in [9.17, 15) is 4.39 Å². The van der Waals surface area contributed by atoms with Gasteiger partial charge in [-0.05, 0) is 49.6 Å². The van der Waals surface area contributed by atoms with Crippen LogP contribution in [0.4, 0.5) is 4.39 Å². The summed E-state index contributed by atoms with van der Waals surface area (Å²) in [5.74, 6) is 0.577. The first-order valence-corrected chi connectivity index (χ1v) is 8.31. The van der Waals surface area contributed by atoms with E-state index in [4.69, 9.17) is 4.74 Å². The van der Waals surface area contributed by atoms with Crippen LogP contribution in [0.1, 0.15) is 32.6 Å². The van der Waals surface area contributed by atoms with E-state index >= 15 is 0 Å². The third kappa shape index (κ3) is 3.16. The molecule has 0 bridgehead atoms. The normalized spacial score (nSPS) is 12.3. The van der Waals surface area contributed by atoms with Crippen molar-refractivity contribution in [1.82, 2.24) is 0 Å². The second-order valence-electron chi connectivity index (χ2n) is 5.13. The molecule has 0 heterocycles. The van der Waals surface area contributed by atoms with E-state index < -0.39 is 0 Å². The molecule has 1 unspecified atom stereocenters. The molecule has 0 saturated heterocycles. The average molecular weight is 416 g/mol. The molecular weight excluding hydrogens is 399 g/mol. The van der Waals surface area contributed by atoms with Crippen LogP contribution in [0.25, 0.3) is 0 Å². The van der Waals surface area contributed by atoms with Crippen molar-refractivity contribution in [2.45, 2.75) is 25.6 Å². The lowest BCUT2D eigenvalue weighted by molar-refractivity contribution is 0.406. The third-order valence-electron chi connectivity index (χ3n) is 3.59. The first-order valence-electron chi connectivity index (χ1n) is 6.60. The monoisotopic (exact) mass is 414 g/mol. The fraction of sp³-hybridized carbons (Fsp3) is 0.294. The topological polar surface area (TPSA) is 9.23 Å². The highest BCUT2D eigenvalue weighted by Gasteiger charge is 2.23. The number of ether oxygens (including phenoxy) is 1. The number of hydrogen-bond donors (Lipinski definition) is 0. The van der Waals surface area contributed by atoms with Gasteiger partial charge in [-0.2, -0.15) is 0 Å². The summed E-state index contributed by atoms with van der Waals surface area (Å²) >= 11 is 7.20. The second kappa shape index (κ2) is 6.49. The Labute approximate surface area is 141 Å². The minimum absolute atomic E-state index is 0.212.